The summed E-state index contributed by atoms with van der Waals surface area (Å²) >= 11 is 1.65. The number of aromatic nitrogens is 1. The van der Waals surface area contributed by atoms with Gasteiger partial charge in [-0.15, -0.1) is 11.3 Å². The molecular formula is C13H16N2O2S2. The number of nitrogens with zero attached hydrogens (tertiary/aromatic N) is 1. The lowest BCUT2D eigenvalue weighted by Gasteiger charge is -2.07. The summed E-state index contributed by atoms with van der Waals surface area (Å²) in [4.78, 5) is 5.86. The van der Waals surface area contributed by atoms with Crippen molar-refractivity contribution < 1.29 is 8.42 Å². The number of hydrogen-bond acceptors (Lipinski definition) is 5. The zero-order valence-corrected chi connectivity index (χ0v) is 12.7. The Balaban J connectivity index is 2.14. The molecule has 0 unspecified atom stereocenters. The lowest BCUT2D eigenvalue weighted by molar-refractivity contribution is 0.602. The molecule has 0 amide bonds. The number of rotatable bonds is 4. The zero-order valence-electron chi connectivity index (χ0n) is 11.1. The number of hydrogen-bond donors (Lipinski definition) is 1. The molecule has 1 aromatic heterocycles. The highest BCUT2D eigenvalue weighted by atomic mass is 32.2. The molecule has 0 spiro atoms. The van der Waals surface area contributed by atoms with E-state index >= 15 is 0 Å². The van der Waals surface area contributed by atoms with Crippen molar-refractivity contribution >= 4 is 26.9 Å². The Morgan fingerprint density at radius 2 is 2.05 bits per heavy atom. The summed E-state index contributed by atoms with van der Waals surface area (Å²) < 4.78 is 23.0. The summed E-state index contributed by atoms with van der Waals surface area (Å²) in [6, 6.07) is 6.85. The van der Waals surface area contributed by atoms with E-state index in [1.54, 1.807) is 29.5 Å². The van der Waals surface area contributed by atoms with Crippen LogP contribution < -0.4 is 5.32 Å². The fraction of sp³-hybridized carbons (Fsp3) is 0.308. The lowest BCUT2D eigenvalue weighted by Crippen LogP contribution is -2.01. The van der Waals surface area contributed by atoms with E-state index in [1.807, 2.05) is 19.9 Å². The van der Waals surface area contributed by atoms with Crippen LogP contribution in [0.2, 0.25) is 0 Å². The smallest absolute Gasteiger partial charge is 0.175 e. The monoisotopic (exact) mass is 296 g/mol. The van der Waals surface area contributed by atoms with Crippen LogP contribution >= 0.6 is 11.3 Å². The first kappa shape index (κ1) is 14.0. The summed E-state index contributed by atoms with van der Waals surface area (Å²) in [7, 11) is -3.16. The third kappa shape index (κ3) is 3.54. The minimum Gasteiger partial charge on any atom is -0.380 e. The first-order valence-electron chi connectivity index (χ1n) is 5.83. The van der Waals surface area contributed by atoms with Crippen molar-refractivity contribution in [1.82, 2.24) is 4.98 Å². The second kappa shape index (κ2) is 5.30. The largest absolute Gasteiger partial charge is 0.380 e. The highest BCUT2D eigenvalue weighted by molar-refractivity contribution is 7.90. The Bertz CT molecular complexity index is 690. The average Bonchev–Trinajstić information content (AvgIpc) is 2.64. The van der Waals surface area contributed by atoms with E-state index < -0.39 is 9.84 Å². The summed E-state index contributed by atoms with van der Waals surface area (Å²) in [6.07, 6.45) is 1.21. The normalized spacial score (nSPS) is 11.5. The van der Waals surface area contributed by atoms with Gasteiger partial charge in [0, 0.05) is 16.8 Å². The third-order valence-electron chi connectivity index (χ3n) is 2.71. The van der Waals surface area contributed by atoms with Crippen molar-refractivity contribution in [3.8, 4) is 0 Å². The van der Waals surface area contributed by atoms with Gasteiger partial charge in [0.2, 0.25) is 0 Å². The van der Waals surface area contributed by atoms with Crippen LogP contribution in [-0.4, -0.2) is 19.7 Å². The second-order valence-electron chi connectivity index (χ2n) is 4.40. The van der Waals surface area contributed by atoms with Crippen LogP contribution in [0.5, 0.6) is 0 Å². The molecule has 0 atom stereocenters. The average molecular weight is 296 g/mol. The standard InChI is InChI=1S/C13H16N2O2S2/c1-9-13(18-10(2)15-9)8-14-11-5-4-6-12(7-11)19(3,16)17/h4-7,14H,8H2,1-3H3. The Labute approximate surface area is 117 Å². The van der Waals surface area contributed by atoms with Gasteiger partial charge in [0.1, 0.15) is 0 Å². The summed E-state index contributed by atoms with van der Waals surface area (Å²) in [5.41, 5.74) is 1.82. The lowest BCUT2D eigenvalue weighted by atomic mass is 10.3. The number of nitrogens with one attached hydrogen (secondary N) is 1. The van der Waals surface area contributed by atoms with Crippen molar-refractivity contribution in [2.24, 2.45) is 0 Å². The molecule has 2 aromatic rings. The van der Waals surface area contributed by atoms with Crippen LogP contribution in [-0.2, 0) is 16.4 Å². The van der Waals surface area contributed by atoms with Crippen LogP contribution in [0.4, 0.5) is 5.69 Å². The van der Waals surface area contributed by atoms with Gasteiger partial charge in [0.05, 0.1) is 22.1 Å². The molecule has 0 aliphatic rings. The third-order valence-corrected chi connectivity index (χ3v) is 4.90. The maximum Gasteiger partial charge on any atom is 0.175 e. The molecule has 102 valence electrons. The SMILES string of the molecule is Cc1nc(C)c(CNc2cccc(S(C)(=O)=O)c2)s1. The fourth-order valence-corrected chi connectivity index (χ4v) is 3.30. The van der Waals surface area contributed by atoms with Gasteiger partial charge < -0.3 is 5.32 Å². The molecule has 19 heavy (non-hydrogen) atoms. The fourth-order valence-electron chi connectivity index (χ4n) is 1.76. The Kier molecular flexibility index (Phi) is 3.91. The van der Waals surface area contributed by atoms with Gasteiger partial charge in [-0.05, 0) is 32.0 Å². The van der Waals surface area contributed by atoms with Crippen molar-refractivity contribution in [3.05, 3.63) is 39.8 Å². The zero-order chi connectivity index (χ0) is 14.0. The molecular weight excluding hydrogens is 280 g/mol. The molecule has 2 rings (SSSR count). The van der Waals surface area contributed by atoms with E-state index in [0.717, 1.165) is 16.4 Å². The summed E-state index contributed by atoms with van der Waals surface area (Å²) in [6.45, 7) is 4.61. The van der Waals surface area contributed by atoms with Crippen LogP contribution in [0.3, 0.4) is 0 Å². The van der Waals surface area contributed by atoms with Crippen LogP contribution in [0.1, 0.15) is 15.6 Å². The van der Waals surface area contributed by atoms with Gasteiger partial charge in [0.25, 0.3) is 0 Å². The highest BCUT2D eigenvalue weighted by Gasteiger charge is 2.08. The minimum atomic E-state index is -3.16. The second-order valence-corrected chi connectivity index (χ2v) is 7.70. The van der Waals surface area contributed by atoms with E-state index in [4.69, 9.17) is 0 Å². The van der Waals surface area contributed by atoms with E-state index in [-0.39, 0.29) is 0 Å². The predicted molar refractivity (Wildman–Crippen MR) is 78.5 cm³/mol. The molecule has 4 nitrogen and oxygen atoms in total. The van der Waals surface area contributed by atoms with Crippen molar-refractivity contribution in [1.29, 1.82) is 0 Å². The number of anilines is 1. The Hall–Kier alpha value is -1.40. The maximum atomic E-state index is 11.5. The first-order chi connectivity index (χ1) is 8.86. The molecule has 1 aromatic carbocycles. The van der Waals surface area contributed by atoms with Crippen LogP contribution in [0.25, 0.3) is 0 Å². The van der Waals surface area contributed by atoms with E-state index in [9.17, 15) is 8.42 Å². The van der Waals surface area contributed by atoms with E-state index in [2.05, 4.69) is 10.3 Å². The molecule has 0 saturated carbocycles. The summed E-state index contributed by atoms with van der Waals surface area (Å²) in [5, 5.41) is 4.27. The summed E-state index contributed by atoms with van der Waals surface area (Å²) in [5.74, 6) is 0. The number of thiazole rings is 1. The molecule has 0 aliphatic carbocycles. The van der Waals surface area contributed by atoms with Crippen molar-refractivity contribution in [2.45, 2.75) is 25.3 Å². The Morgan fingerprint density at radius 1 is 1.32 bits per heavy atom. The molecule has 0 radical (unpaired) electrons. The predicted octanol–water partition coefficient (Wildman–Crippen LogP) is 2.78. The van der Waals surface area contributed by atoms with Gasteiger partial charge in [0.15, 0.2) is 9.84 Å². The van der Waals surface area contributed by atoms with Crippen molar-refractivity contribution in [3.63, 3.8) is 0 Å². The van der Waals surface area contributed by atoms with E-state index in [0.29, 0.717) is 11.4 Å². The van der Waals surface area contributed by atoms with Gasteiger partial charge >= 0.3 is 0 Å². The maximum absolute atomic E-state index is 11.5. The number of benzene rings is 1. The molecule has 1 N–H and O–H groups in total. The van der Waals surface area contributed by atoms with Crippen LogP contribution in [0.15, 0.2) is 29.2 Å². The molecule has 0 saturated heterocycles. The molecule has 1 heterocycles. The molecule has 0 bridgehead atoms. The van der Waals surface area contributed by atoms with Crippen LogP contribution in [0, 0.1) is 13.8 Å². The molecule has 0 fully saturated rings. The first-order valence-corrected chi connectivity index (χ1v) is 8.54. The quantitative estimate of drug-likeness (QED) is 0.942. The van der Waals surface area contributed by atoms with Gasteiger partial charge in [-0.25, -0.2) is 13.4 Å². The minimum absolute atomic E-state index is 0.328. The van der Waals surface area contributed by atoms with Gasteiger partial charge in [-0.2, -0.15) is 0 Å². The van der Waals surface area contributed by atoms with E-state index in [1.165, 1.54) is 11.1 Å². The number of aryl methyl sites for hydroxylation is 2. The molecule has 6 heteroatoms. The topological polar surface area (TPSA) is 59.1 Å². The Morgan fingerprint density at radius 3 is 2.63 bits per heavy atom. The van der Waals surface area contributed by atoms with Gasteiger partial charge in [-0.3, -0.25) is 0 Å². The highest BCUT2D eigenvalue weighted by Crippen LogP contribution is 2.20. The van der Waals surface area contributed by atoms with Gasteiger partial charge in [-0.1, -0.05) is 6.07 Å². The van der Waals surface area contributed by atoms with Crippen molar-refractivity contribution in [2.75, 3.05) is 11.6 Å². The molecule has 0 aliphatic heterocycles. The number of sulfone groups is 1.